The van der Waals surface area contributed by atoms with Crippen LogP contribution in [0.25, 0.3) is 0 Å². The van der Waals surface area contributed by atoms with Crippen molar-refractivity contribution in [2.45, 2.75) is 47.5 Å². The molecule has 1 aromatic carbocycles. The predicted octanol–water partition coefficient (Wildman–Crippen LogP) is 5.78. The molecule has 0 fully saturated rings. The van der Waals surface area contributed by atoms with E-state index in [1.807, 2.05) is 31.2 Å². The van der Waals surface area contributed by atoms with Crippen LogP contribution in [0.5, 0.6) is 0 Å². The van der Waals surface area contributed by atoms with Gasteiger partial charge < -0.3 is 9.80 Å². The van der Waals surface area contributed by atoms with E-state index in [0.717, 1.165) is 53.3 Å². The fraction of sp³-hybridized carbons (Fsp3) is 0.550. The van der Waals surface area contributed by atoms with Crippen LogP contribution < -0.4 is 0 Å². The van der Waals surface area contributed by atoms with Crippen molar-refractivity contribution in [1.82, 2.24) is 9.80 Å². The molecule has 0 saturated heterocycles. The molecule has 27 heavy (non-hydrogen) atoms. The number of amidine groups is 1. The number of aliphatic imine (C=N–C) groups is 1. The molecule has 0 aromatic heterocycles. The summed E-state index contributed by atoms with van der Waals surface area (Å²) < 4.78 is 0.843. The smallest absolute Gasteiger partial charge is 0.171 e. The van der Waals surface area contributed by atoms with Gasteiger partial charge in [-0.3, -0.25) is 4.79 Å². The Hall–Kier alpha value is -1.11. The highest BCUT2D eigenvalue weighted by atomic mass is 35.5. The van der Waals surface area contributed by atoms with E-state index >= 15 is 0 Å². The van der Waals surface area contributed by atoms with Gasteiger partial charge in [-0.1, -0.05) is 19.1 Å². The summed E-state index contributed by atoms with van der Waals surface area (Å²) >= 11 is 7.14. The Balaban J connectivity index is 0.00000676. The van der Waals surface area contributed by atoms with Gasteiger partial charge in [-0.2, -0.15) is 0 Å². The molecule has 1 rings (SSSR count). The fourth-order valence-corrected chi connectivity index (χ4v) is 4.04. The number of carbonyl (C=O) groups excluding carboxylic acids is 1. The largest absolute Gasteiger partial charge is 0.358 e. The molecule has 0 N–H and O–H groups in total. The van der Waals surface area contributed by atoms with E-state index in [0.29, 0.717) is 6.42 Å². The van der Waals surface area contributed by atoms with Crippen molar-refractivity contribution in [3.63, 3.8) is 0 Å². The Bertz CT molecular complexity index is 612. The highest BCUT2D eigenvalue weighted by Crippen LogP contribution is 2.21. The lowest BCUT2D eigenvalue weighted by Crippen LogP contribution is -2.33. The maximum atomic E-state index is 12.0. The Morgan fingerprint density at radius 1 is 0.963 bits per heavy atom. The number of hydrogen-bond donors (Lipinski definition) is 0. The number of hydrogen-bond acceptors (Lipinski definition) is 4. The van der Waals surface area contributed by atoms with Crippen LogP contribution in [0.3, 0.4) is 0 Å². The van der Waals surface area contributed by atoms with Crippen molar-refractivity contribution in [2.24, 2.45) is 4.99 Å². The quantitative estimate of drug-likeness (QED) is 0.226. The third kappa shape index (κ3) is 8.20. The third-order valence-electron chi connectivity index (χ3n) is 4.13. The molecule has 7 heteroatoms. The van der Waals surface area contributed by atoms with Gasteiger partial charge >= 0.3 is 0 Å². The molecule has 152 valence electrons. The van der Waals surface area contributed by atoms with Gasteiger partial charge in [0.2, 0.25) is 0 Å². The van der Waals surface area contributed by atoms with E-state index < -0.39 is 0 Å². The van der Waals surface area contributed by atoms with Gasteiger partial charge in [-0.05, 0) is 70.1 Å². The van der Waals surface area contributed by atoms with Crippen LogP contribution in [-0.4, -0.2) is 51.3 Å². The van der Waals surface area contributed by atoms with E-state index in [-0.39, 0.29) is 18.2 Å². The summed E-state index contributed by atoms with van der Waals surface area (Å²) in [4.78, 5) is 21.2. The van der Waals surface area contributed by atoms with E-state index in [1.54, 1.807) is 0 Å². The van der Waals surface area contributed by atoms with Crippen molar-refractivity contribution in [3.8, 4) is 0 Å². The van der Waals surface area contributed by atoms with Crippen LogP contribution in [-0.2, 0) is 0 Å². The average Bonchev–Trinajstić information content (AvgIpc) is 2.64. The first-order chi connectivity index (χ1) is 12.5. The minimum atomic E-state index is 0. The van der Waals surface area contributed by atoms with Crippen molar-refractivity contribution in [3.05, 3.63) is 29.8 Å². The summed E-state index contributed by atoms with van der Waals surface area (Å²) in [7, 11) is 0. The highest BCUT2D eigenvalue weighted by molar-refractivity contribution is 8.32. The zero-order chi connectivity index (χ0) is 19.5. The maximum absolute atomic E-state index is 12.0. The van der Waals surface area contributed by atoms with Crippen molar-refractivity contribution >= 4 is 57.3 Å². The molecule has 0 bridgehead atoms. The van der Waals surface area contributed by atoms with Crippen LogP contribution >= 0.6 is 36.4 Å². The second-order valence-corrected chi connectivity index (χ2v) is 7.43. The maximum Gasteiger partial charge on any atom is 0.171 e. The van der Waals surface area contributed by atoms with E-state index in [9.17, 15) is 4.79 Å². The van der Waals surface area contributed by atoms with Gasteiger partial charge in [-0.25, -0.2) is 4.99 Å². The molecular weight excluding hydrogens is 398 g/mol. The standard InChI is InChI=1S/C20H31N3OS2.ClH/c1-6-11-18(24)16-12-14-17(15-13-16)21-19(22(7-2)8-3)26-20(25)23(9-4)10-5;/h12-15H,6-11H2,1-5H3;1H/b21-19+;. The molecule has 0 unspecified atom stereocenters. The number of halogens is 1. The lowest BCUT2D eigenvalue weighted by molar-refractivity contribution is 0.0982. The zero-order valence-electron chi connectivity index (χ0n) is 17.0. The van der Waals surface area contributed by atoms with Crippen LogP contribution in [0.15, 0.2) is 29.3 Å². The molecule has 0 aliphatic heterocycles. The Morgan fingerprint density at radius 3 is 1.93 bits per heavy atom. The highest BCUT2D eigenvalue weighted by Gasteiger charge is 2.15. The first kappa shape index (κ1) is 25.9. The molecule has 0 saturated carbocycles. The number of thioether (sulfide) groups is 1. The van der Waals surface area contributed by atoms with Gasteiger partial charge in [0.25, 0.3) is 0 Å². The molecule has 4 nitrogen and oxygen atoms in total. The Kier molecular flexibility index (Phi) is 13.4. The molecule has 0 aliphatic rings. The molecule has 1 aromatic rings. The molecule has 0 radical (unpaired) electrons. The summed E-state index contributed by atoms with van der Waals surface area (Å²) in [5, 5.41) is 0.902. The predicted molar refractivity (Wildman–Crippen MR) is 126 cm³/mol. The monoisotopic (exact) mass is 429 g/mol. The SMILES string of the molecule is CCCC(=O)c1ccc(/N=C(/SC(=S)N(CC)CC)N(CC)CC)cc1.Cl. The minimum Gasteiger partial charge on any atom is -0.358 e. The van der Waals surface area contributed by atoms with Gasteiger partial charge in [0.1, 0.15) is 4.32 Å². The molecule has 0 aliphatic carbocycles. The van der Waals surface area contributed by atoms with Crippen molar-refractivity contribution in [2.75, 3.05) is 26.2 Å². The number of benzene rings is 1. The number of rotatable bonds is 8. The summed E-state index contributed by atoms with van der Waals surface area (Å²) in [6, 6.07) is 7.55. The number of carbonyl (C=O) groups is 1. The summed E-state index contributed by atoms with van der Waals surface area (Å²) in [5.41, 5.74) is 1.59. The zero-order valence-corrected chi connectivity index (χ0v) is 19.5. The van der Waals surface area contributed by atoms with Crippen LogP contribution in [0.2, 0.25) is 0 Å². The number of Topliss-reactive ketones (excluding diaryl/α,β-unsaturated/α-hetero) is 1. The molecule has 0 spiro atoms. The van der Waals surface area contributed by atoms with Gasteiger partial charge in [0, 0.05) is 38.2 Å². The van der Waals surface area contributed by atoms with Crippen LogP contribution in [0.1, 0.15) is 57.8 Å². The van der Waals surface area contributed by atoms with Crippen LogP contribution in [0, 0.1) is 0 Å². The van der Waals surface area contributed by atoms with Gasteiger partial charge in [0.15, 0.2) is 11.0 Å². The van der Waals surface area contributed by atoms with E-state index in [2.05, 4.69) is 37.5 Å². The number of ketones is 1. The first-order valence-electron chi connectivity index (χ1n) is 9.44. The second kappa shape index (κ2) is 14.0. The van der Waals surface area contributed by atoms with Gasteiger partial charge in [-0.15, -0.1) is 12.4 Å². The van der Waals surface area contributed by atoms with Crippen molar-refractivity contribution < 1.29 is 4.79 Å². The normalized spacial score (nSPS) is 10.9. The van der Waals surface area contributed by atoms with Crippen LogP contribution in [0.4, 0.5) is 5.69 Å². The van der Waals surface area contributed by atoms with Crippen molar-refractivity contribution in [1.29, 1.82) is 0 Å². The average molecular weight is 430 g/mol. The third-order valence-corrected chi connectivity index (χ3v) is 5.60. The lowest BCUT2D eigenvalue weighted by atomic mass is 10.1. The van der Waals surface area contributed by atoms with E-state index in [1.165, 1.54) is 11.8 Å². The molecule has 0 heterocycles. The Labute approximate surface area is 180 Å². The Morgan fingerprint density at radius 2 is 1.48 bits per heavy atom. The minimum absolute atomic E-state index is 0. The second-order valence-electron chi connectivity index (χ2n) is 5.83. The van der Waals surface area contributed by atoms with Gasteiger partial charge in [0.05, 0.1) is 5.69 Å². The lowest BCUT2D eigenvalue weighted by Gasteiger charge is -2.26. The summed E-state index contributed by atoms with van der Waals surface area (Å²) in [6.45, 7) is 14.0. The van der Waals surface area contributed by atoms with E-state index in [4.69, 9.17) is 17.2 Å². The number of thiocarbonyl (C=S) groups is 1. The summed E-state index contributed by atoms with van der Waals surface area (Å²) in [5.74, 6) is 0.184. The first-order valence-corrected chi connectivity index (χ1v) is 10.7. The molecule has 0 amide bonds. The molecule has 0 atom stereocenters. The topological polar surface area (TPSA) is 35.9 Å². The summed E-state index contributed by atoms with van der Waals surface area (Å²) in [6.07, 6.45) is 1.45. The molecular formula is C20H32ClN3OS2. The fourth-order valence-electron chi connectivity index (χ4n) is 2.48. The number of nitrogens with zero attached hydrogens (tertiary/aromatic N) is 3.